The molecule has 18 heavy (non-hydrogen) atoms. The monoisotopic (exact) mass is 276 g/mol. The molecule has 3 nitrogen and oxygen atoms in total. The van der Waals surface area contributed by atoms with Gasteiger partial charge in [-0.25, -0.2) is 0 Å². The number of carbonyl (C=O) groups is 1. The minimum Gasteiger partial charge on any atom is -0.389 e. The maximum Gasteiger partial charge on any atom is 0.251 e. The molecule has 3 N–H and O–H groups in total. The number of rotatable bonds is 4. The second kappa shape index (κ2) is 5.75. The van der Waals surface area contributed by atoms with Crippen LogP contribution >= 0.6 is 23.6 Å². The van der Waals surface area contributed by atoms with Crippen molar-refractivity contribution in [3.8, 4) is 0 Å². The van der Waals surface area contributed by atoms with E-state index in [1.54, 1.807) is 35.6 Å². The molecular formula is C13H12N2OS2. The first-order chi connectivity index (χ1) is 8.66. The summed E-state index contributed by atoms with van der Waals surface area (Å²) >= 11 is 6.49. The molecule has 2 aromatic rings. The Kier molecular flexibility index (Phi) is 4.07. The number of thiophene rings is 1. The van der Waals surface area contributed by atoms with E-state index in [-0.39, 0.29) is 5.91 Å². The van der Waals surface area contributed by atoms with Crippen LogP contribution in [0.1, 0.15) is 21.5 Å². The van der Waals surface area contributed by atoms with Gasteiger partial charge >= 0.3 is 0 Å². The third-order valence-electron chi connectivity index (χ3n) is 2.44. The molecule has 2 rings (SSSR count). The van der Waals surface area contributed by atoms with Gasteiger partial charge in [-0.3, -0.25) is 4.79 Å². The Morgan fingerprint density at radius 1 is 1.33 bits per heavy atom. The van der Waals surface area contributed by atoms with Crippen LogP contribution < -0.4 is 11.1 Å². The largest absolute Gasteiger partial charge is 0.389 e. The van der Waals surface area contributed by atoms with Crippen molar-refractivity contribution in [2.75, 3.05) is 0 Å². The third-order valence-corrected chi connectivity index (χ3v) is 3.41. The van der Waals surface area contributed by atoms with Crippen LogP contribution in [0.15, 0.2) is 41.1 Å². The van der Waals surface area contributed by atoms with Crippen LogP contribution in [0.5, 0.6) is 0 Å². The number of thiocarbonyl (C=S) groups is 1. The highest BCUT2D eigenvalue weighted by Crippen LogP contribution is 2.08. The van der Waals surface area contributed by atoms with Gasteiger partial charge < -0.3 is 11.1 Å². The van der Waals surface area contributed by atoms with E-state index in [4.69, 9.17) is 18.0 Å². The van der Waals surface area contributed by atoms with E-state index >= 15 is 0 Å². The lowest BCUT2D eigenvalue weighted by atomic mass is 10.1. The molecule has 92 valence electrons. The van der Waals surface area contributed by atoms with Gasteiger partial charge in [0.15, 0.2) is 0 Å². The number of hydrogen-bond donors (Lipinski definition) is 2. The first-order valence-corrected chi connectivity index (χ1v) is 6.71. The van der Waals surface area contributed by atoms with Crippen LogP contribution in [0.2, 0.25) is 0 Å². The summed E-state index contributed by atoms with van der Waals surface area (Å²) in [4.78, 5) is 12.2. The quantitative estimate of drug-likeness (QED) is 0.843. The molecule has 0 radical (unpaired) electrons. The normalized spacial score (nSPS) is 10.0. The Morgan fingerprint density at radius 2 is 2.11 bits per heavy atom. The summed E-state index contributed by atoms with van der Waals surface area (Å²) in [5, 5.41) is 6.84. The van der Waals surface area contributed by atoms with Gasteiger partial charge in [-0.2, -0.15) is 11.3 Å². The molecule has 0 aliphatic rings. The second-order valence-corrected chi connectivity index (χ2v) is 4.98. The molecule has 0 fully saturated rings. The van der Waals surface area contributed by atoms with E-state index in [9.17, 15) is 4.79 Å². The van der Waals surface area contributed by atoms with Gasteiger partial charge in [0.2, 0.25) is 0 Å². The van der Waals surface area contributed by atoms with Crippen molar-refractivity contribution in [3.05, 3.63) is 57.8 Å². The van der Waals surface area contributed by atoms with Crippen molar-refractivity contribution in [1.82, 2.24) is 5.32 Å². The lowest BCUT2D eigenvalue weighted by molar-refractivity contribution is 0.0951. The van der Waals surface area contributed by atoms with Crippen LogP contribution in [0.4, 0.5) is 0 Å². The topological polar surface area (TPSA) is 55.1 Å². The number of hydrogen-bond acceptors (Lipinski definition) is 3. The van der Waals surface area contributed by atoms with Crippen LogP contribution in [0, 0.1) is 0 Å². The average Bonchev–Trinajstić information content (AvgIpc) is 2.89. The number of amides is 1. The Labute approximate surface area is 115 Å². The zero-order valence-corrected chi connectivity index (χ0v) is 11.2. The molecule has 0 atom stereocenters. The Morgan fingerprint density at radius 3 is 2.78 bits per heavy atom. The fourth-order valence-electron chi connectivity index (χ4n) is 1.49. The number of nitrogens with one attached hydrogen (secondary N) is 1. The average molecular weight is 276 g/mol. The number of benzene rings is 1. The molecule has 1 aromatic carbocycles. The van der Waals surface area contributed by atoms with Crippen molar-refractivity contribution in [1.29, 1.82) is 0 Å². The smallest absolute Gasteiger partial charge is 0.251 e. The van der Waals surface area contributed by atoms with Crippen molar-refractivity contribution in [2.24, 2.45) is 5.73 Å². The Balaban J connectivity index is 2.04. The van der Waals surface area contributed by atoms with Crippen LogP contribution in [-0.4, -0.2) is 10.9 Å². The number of nitrogens with two attached hydrogens (primary N) is 1. The summed E-state index contributed by atoms with van der Waals surface area (Å²) in [6.07, 6.45) is 0. The summed E-state index contributed by atoms with van der Waals surface area (Å²) in [7, 11) is 0. The summed E-state index contributed by atoms with van der Waals surface area (Å²) in [5.41, 5.74) is 7.90. The van der Waals surface area contributed by atoms with Crippen molar-refractivity contribution < 1.29 is 4.79 Å². The number of carbonyl (C=O) groups excluding carboxylic acids is 1. The maximum absolute atomic E-state index is 11.9. The molecule has 0 bridgehead atoms. The lowest BCUT2D eigenvalue weighted by Crippen LogP contribution is -2.23. The zero-order valence-electron chi connectivity index (χ0n) is 9.55. The molecule has 0 aliphatic carbocycles. The first kappa shape index (κ1) is 12.7. The minimum absolute atomic E-state index is 0.126. The molecule has 0 spiro atoms. The Bertz CT molecular complexity index is 564. The van der Waals surface area contributed by atoms with Crippen molar-refractivity contribution in [3.63, 3.8) is 0 Å². The molecule has 0 unspecified atom stereocenters. The van der Waals surface area contributed by atoms with E-state index in [2.05, 4.69) is 5.32 Å². The highest BCUT2D eigenvalue weighted by atomic mass is 32.1. The lowest BCUT2D eigenvalue weighted by Gasteiger charge is -2.05. The van der Waals surface area contributed by atoms with Gasteiger partial charge in [-0.05, 0) is 34.5 Å². The van der Waals surface area contributed by atoms with Crippen molar-refractivity contribution >= 4 is 34.5 Å². The predicted molar refractivity (Wildman–Crippen MR) is 77.8 cm³/mol. The molecular weight excluding hydrogens is 264 g/mol. The fraction of sp³-hybridized carbons (Fsp3) is 0.0769. The van der Waals surface area contributed by atoms with E-state index in [1.807, 2.05) is 16.8 Å². The van der Waals surface area contributed by atoms with Gasteiger partial charge in [0.25, 0.3) is 5.91 Å². The van der Waals surface area contributed by atoms with Crippen molar-refractivity contribution in [2.45, 2.75) is 6.54 Å². The summed E-state index contributed by atoms with van der Waals surface area (Å²) in [6.45, 7) is 0.527. The fourth-order valence-corrected chi connectivity index (χ4v) is 2.29. The maximum atomic E-state index is 11.9. The second-order valence-electron chi connectivity index (χ2n) is 3.76. The van der Waals surface area contributed by atoms with Gasteiger partial charge in [0, 0.05) is 17.7 Å². The van der Waals surface area contributed by atoms with Crippen LogP contribution in [-0.2, 0) is 6.54 Å². The Hall–Kier alpha value is -1.72. The molecule has 1 amide bonds. The van der Waals surface area contributed by atoms with E-state index < -0.39 is 0 Å². The van der Waals surface area contributed by atoms with Gasteiger partial charge in [0.1, 0.15) is 4.99 Å². The van der Waals surface area contributed by atoms with Gasteiger partial charge in [-0.15, -0.1) is 0 Å². The summed E-state index contributed by atoms with van der Waals surface area (Å²) in [6, 6.07) is 8.98. The standard InChI is InChI=1S/C13H12N2OS2/c14-12(17)10-2-1-3-11(6-10)13(16)15-7-9-4-5-18-8-9/h1-6,8H,7H2,(H2,14,17)(H,15,16). The molecule has 0 aliphatic heterocycles. The SMILES string of the molecule is NC(=S)c1cccc(C(=O)NCc2ccsc2)c1. The predicted octanol–water partition coefficient (Wildman–Crippen LogP) is 2.31. The zero-order chi connectivity index (χ0) is 13.0. The third kappa shape index (κ3) is 3.15. The van der Waals surface area contributed by atoms with E-state index in [1.165, 1.54) is 0 Å². The van der Waals surface area contributed by atoms with Crippen LogP contribution in [0.3, 0.4) is 0 Å². The highest BCUT2D eigenvalue weighted by molar-refractivity contribution is 7.80. The van der Waals surface area contributed by atoms with E-state index in [0.717, 1.165) is 5.56 Å². The molecule has 0 saturated heterocycles. The highest BCUT2D eigenvalue weighted by Gasteiger charge is 2.06. The van der Waals surface area contributed by atoms with Gasteiger partial charge in [-0.1, -0.05) is 24.4 Å². The summed E-state index contributed by atoms with van der Waals surface area (Å²) in [5.74, 6) is -0.126. The molecule has 0 saturated carbocycles. The molecule has 1 aromatic heterocycles. The van der Waals surface area contributed by atoms with Gasteiger partial charge in [0.05, 0.1) is 0 Å². The molecule has 1 heterocycles. The first-order valence-electron chi connectivity index (χ1n) is 5.36. The minimum atomic E-state index is -0.126. The van der Waals surface area contributed by atoms with E-state index in [0.29, 0.717) is 22.7 Å². The molecule has 5 heteroatoms. The van der Waals surface area contributed by atoms with Crippen LogP contribution in [0.25, 0.3) is 0 Å². The summed E-state index contributed by atoms with van der Waals surface area (Å²) < 4.78 is 0.